The van der Waals surface area contributed by atoms with Crippen LogP contribution >= 0.6 is 11.3 Å². The maximum Gasteiger partial charge on any atom is 0.0324 e. The molecule has 0 spiro atoms. The Kier molecular flexibility index (Phi) is 4.60. The SMILES string of the molecule is CC1CCC(N)C(CN(C)Cc2cccs2)C1. The number of hydrogen-bond donors (Lipinski definition) is 1. The van der Waals surface area contributed by atoms with Gasteiger partial charge in [-0.15, -0.1) is 11.3 Å². The van der Waals surface area contributed by atoms with Gasteiger partial charge in [0, 0.05) is 24.0 Å². The zero-order valence-electron chi connectivity index (χ0n) is 10.9. The summed E-state index contributed by atoms with van der Waals surface area (Å²) < 4.78 is 0. The number of nitrogens with two attached hydrogens (primary N) is 1. The fourth-order valence-corrected chi connectivity index (χ4v) is 3.65. The lowest BCUT2D eigenvalue weighted by atomic mass is 9.79. The van der Waals surface area contributed by atoms with Crippen LogP contribution in [0.3, 0.4) is 0 Å². The summed E-state index contributed by atoms with van der Waals surface area (Å²) >= 11 is 1.84. The topological polar surface area (TPSA) is 29.3 Å². The van der Waals surface area contributed by atoms with Crippen molar-refractivity contribution in [1.29, 1.82) is 0 Å². The van der Waals surface area contributed by atoms with Gasteiger partial charge in [-0.1, -0.05) is 13.0 Å². The largest absolute Gasteiger partial charge is 0.327 e. The predicted molar refractivity (Wildman–Crippen MR) is 75.1 cm³/mol. The zero-order chi connectivity index (χ0) is 12.3. The molecule has 2 nitrogen and oxygen atoms in total. The molecule has 2 N–H and O–H groups in total. The minimum absolute atomic E-state index is 0.414. The molecule has 0 aromatic carbocycles. The third-order valence-electron chi connectivity index (χ3n) is 3.86. The number of thiophene rings is 1. The monoisotopic (exact) mass is 252 g/mol. The molecule has 2 rings (SSSR count). The predicted octanol–water partition coefficient (Wildman–Crippen LogP) is 2.94. The Morgan fingerprint density at radius 3 is 3.00 bits per heavy atom. The Morgan fingerprint density at radius 2 is 2.29 bits per heavy atom. The van der Waals surface area contributed by atoms with E-state index in [0.29, 0.717) is 12.0 Å². The van der Waals surface area contributed by atoms with Crippen LogP contribution in [0.15, 0.2) is 17.5 Å². The van der Waals surface area contributed by atoms with Crippen LogP contribution in [-0.2, 0) is 6.54 Å². The Balaban J connectivity index is 1.82. The van der Waals surface area contributed by atoms with Gasteiger partial charge in [-0.25, -0.2) is 0 Å². The summed E-state index contributed by atoms with van der Waals surface area (Å²) in [7, 11) is 2.21. The van der Waals surface area contributed by atoms with Crippen LogP contribution in [0.5, 0.6) is 0 Å². The van der Waals surface area contributed by atoms with E-state index in [4.69, 9.17) is 5.73 Å². The van der Waals surface area contributed by atoms with E-state index in [9.17, 15) is 0 Å². The lowest BCUT2D eigenvalue weighted by Gasteiger charge is -2.35. The number of rotatable bonds is 4. The molecule has 0 amide bonds. The molecule has 3 atom stereocenters. The molecule has 0 radical (unpaired) electrons. The maximum atomic E-state index is 6.24. The molecule has 1 aliphatic rings. The van der Waals surface area contributed by atoms with Crippen LogP contribution in [0.25, 0.3) is 0 Å². The van der Waals surface area contributed by atoms with E-state index in [1.54, 1.807) is 0 Å². The maximum absolute atomic E-state index is 6.24. The van der Waals surface area contributed by atoms with Crippen LogP contribution in [0.1, 0.15) is 31.1 Å². The van der Waals surface area contributed by atoms with Crippen molar-refractivity contribution < 1.29 is 0 Å². The minimum atomic E-state index is 0.414. The van der Waals surface area contributed by atoms with Crippen molar-refractivity contribution in [3.05, 3.63) is 22.4 Å². The summed E-state index contributed by atoms with van der Waals surface area (Å²) in [6.45, 7) is 4.57. The molecular formula is C14H24N2S. The molecule has 1 fully saturated rings. The van der Waals surface area contributed by atoms with Crippen LogP contribution in [-0.4, -0.2) is 24.5 Å². The van der Waals surface area contributed by atoms with Gasteiger partial charge in [0.05, 0.1) is 0 Å². The second-order valence-electron chi connectivity index (χ2n) is 5.62. The van der Waals surface area contributed by atoms with Gasteiger partial charge < -0.3 is 10.6 Å². The molecule has 1 aliphatic carbocycles. The van der Waals surface area contributed by atoms with E-state index in [0.717, 1.165) is 19.0 Å². The van der Waals surface area contributed by atoms with Crippen LogP contribution in [0, 0.1) is 11.8 Å². The first-order chi connectivity index (χ1) is 8.15. The van der Waals surface area contributed by atoms with E-state index in [2.05, 4.69) is 36.4 Å². The van der Waals surface area contributed by atoms with Crippen LogP contribution in [0.2, 0.25) is 0 Å². The molecule has 1 heterocycles. The molecule has 1 aromatic heterocycles. The van der Waals surface area contributed by atoms with Crippen molar-refractivity contribution in [2.75, 3.05) is 13.6 Å². The normalized spacial score (nSPS) is 29.8. The molecule has 0 bridgehead atoms. The van der Waals surface area contributed by atoms with E-state index in [-0.39, 0.29) is 0 Å². The second-order valence-corrected chi connectivity index (χ2v) is 6.65. The van der Waals surface area contributed by atoms with Gasteiger partial charge in [-0.05, 0) is 49.6 Å². The number of nitrogens with zero attached hydrogens (tertiary/aromatic N) is 1. The Hall–Kier alpha value is -0.380. The summed E-state index contributed by atoms with van der Waals surface area (Å²) in [6.07, 6.45) is 3.82. The van der Waals surface area contributed by atoms with E-state index in [1.165, 1.54) is 24.1 Å². The van der Waals surface area contributed by atoms with Gasteiger partial charge in [0.25, 0.3) is 0 Å². The highest BCUT2D eigenvalue weighted by Crippen LogP contribution is 2.28. The van der Waals surface area contributed by atoms with Gasteiger partial charge in [0.2, 0.25) is 0 Å². The van der Waals surface area contributed by atoms with E-state index < -0.39 is 0 Å². The van der Waals surface area contributed by atoms with Crippen molar-refractivity contribution in [2.45, 2.75) is 38.8 Å². The summed E-state index contributed by atoms with van der Waals surface area (Å²) in [4.78, 5) is 3.87. The Bertz CT molecular complexity index is 323. The van der Waals surface area contributed by atoms with Crippen molar-refractivity contribution in [3.8, 4) is 0 Å². The van der Waals surface area contributed by atoms with Gasteiger partial charge in [-0.3, -0.25) is 0 Å². The summed E-state index contributed by atoms with van der Waals surface area (Å²) in [5.74, 6) is 1.54. The first kappa shape index (κ1) is 13.1. The first-order valence-corrected chi connectivity index (χ1v) is 7.49. The second kappa shape index (κ2) is 5.98. The van der Waals surface area contributed by atoms with Gasteiger partial charge in [0.1, 0.15) is 0 Å². The van der Waals surface area contributed by atoms with Crippen molar-refractivity contribution in [3.63, 3.8) is 0 Å². The Labute approximate surface area is 109 Å². The molecule has 17 heavy (non-hydrogen) atoms. The minimum Gasteiger partial charge on any atom is -0.327 e. The lowest BCUT2D eigenvalue weighted by Crippen LogP contribution is -2.41. The molecule has 96 valence electrons. The molecule has 3 unspecified atom stereocenters. The van der Waals surface area contributed by atoms with Crippen molar-refractivity contribution in [1.82, 2.24) is 4.90 Å². The molecule has 1 saturated carbocycles. The fraction of sp³-hybridized carbons (Fsp3) is 0.714. The quantitative estimate of drug-likeness (QED) is 0.892. The first-order valence-electron chi connectivity index (χ1n) is 6.61. The molecule has 3 heteroatoms. The third kappa shape index (κ3) is 3.80. The molecule has 1 aromatic rings. The van der Waals surface area contributed by atoms with E-state index >= 15 is 0 Å². The molecular weight excluding hydrogens is 228 g/mol. The summed E-state index contributed by atoms with van der Waals surface area (Å²) in [5.41, 5.74) is 6.24. The van der Waals surface area contributed by atoms with Gasteiger partial charge in [-0.2, -0.15) is 0 Å². The average Bonchev–Trinajstić information content (AvgIpc) is 2.76. The highest BCUT2D eigenvalue weighted by molar-refractivity contribution is 7.09. The smallest absolute Gasteiger partial charge is 0.0324 e. The van der Waals surface area contributed by atoms with Crippen molar-refractivity contribution >= 4 is 11.3 Å². The number of hydrogen-bond acceptors (Lipinski definition) is 3. The van der Waals surface area contributed by atoms with Gasteiger partial charge >= 0.3 is 0 Å². The highest BCUT2D eigenvalue weighted by atomic mass is 32.1. The van der Waals surface area contributed by atoms with E-state index in [1.807, 2.05) is 11.3 Å². The standard InChI is InChI=1S/C14H24N2S/c1-11-5-6-14(15)12(8-11)9-16(2)10-13-4-3-7-17-13/h3-4,7,11-12,14H,5-6,8-10,15H2,1-2H3. The lowest BCUT2D eigenvalue weighted by molar-refractivity contribution is 0.178. The average molecular weight is 252 g/mol. The summed E-state index contributed by atoms with van der Waals surface area (Å²) in [5, 5.41) is 2.15. The van der Waals surface area contributed by atoms with Crippen LogP contribution < -0.4 is 5.73 Å². The molecule has 0 saturated heterocycles. The van der Waals surface area contributed by atoms with Crippen LogP contribution in [0.4, 0.5) is 0 Å². The third-order valence-corrected chi connectivity index (χ3v) is 4.72. The molecule has 0 aliphatic heterocycles. The highest BCUT2D eigenvalue weighted by Gasteiger charge is 2.26. The Morgan fingerprint density at radius 1 is 1.47 bits per heavy atom. The van der Waals surface area contributed by atoms with Gasteiger partial charge in [0.15, 0.2) is 0 Å². The fourth-order valence-electron chi connectivity index (χ4n) is 2.87. The zero-order valence-corrected chi connectivity index (χ0v) is 11.7. The van der Waals surface area contributed by atoms with Crippen molar-refractivity contribution in [2.24, 2.45) is 17.6 Å². The summed E-state index contributed by atoms with van der Waals surface area (Å²) in [6, 6.07) is 4.75.